The molecule has 1 saturated carbocycles. The van der Waals surface area contributed by atoms with Crippen molar-refractivity contribution in [1.29, 1.82) is 0 Å². The zero-order valence-corrected chi connectivity index (χ0v) is 12.5. The summed E-state index contributed by atoms with van der Waals surface area (Å²) in [6, 6.07) is 0. The second-order valence-corrected chi connectivity index (χ2v) is 6.02. The molecule has 18 heavy (non-hydrogen) atoms. The Balaban J connectivity index is 2.35. The Morgan fingerprint density at radius 2 is 2.00 bits per heavy atom. The van der Waals surface area contributed by atoms with Crippen LogP contribution in [-0.2, 0) is 16.9 Å². The molecule has 0 aromatic carbocycles. The van der Waals surface area contributed by atoms with E-state index in [0.29, 0.717) is 12.5 Å². The standard InChI is InChI=1S/C14H24N2OS/c1-4-14(5-2,17-6-3)13-16-12(10-7-8-10)11(9-15)18-13/h10H,4-9,15H2,1-3H3. The van der Waals surface area contributed by atoms with Crippen LogP contribution in [0, 0.1) is 0 Å². The van der Waals surface area contributed by atoms with Crippen LogP contribution < -0.4 is 5.73 Å². The van der Waals surface area contributed by atoms with Crippen molar-refractivity contribution >= 4 is 11.3 Å². The molecule has 1 aromatic heterocycles. The van der Waals surface area contributed by atoms with E-state index in [-0.39, 0.29) is 5.60 Å². The summed E-state index contributed by atoms with van der Waals surface area (Å²) in [6.45, 7) is 7.76. The van der Waals surface area contributed by atoms with E-state index in [9.17, 15) is 0 Å². The van der Waals surface area contributed by atoms with Crippen molar-refractivity contribution in [1.82, 2.24) is 4.98 Å². The lowest BCUT2D eigenvalue weighted by atomic mass is 9.98. The van der Waals surface area contributed by atoms with Crippen molar-refractivity contribution in [3.05, 3.63) is 15.6 Å². The predicted molar refractivity (Wildman–Crippen MR) is 75.9 cm³/mol. The summed E-state index contributed by atoms with van der Waals surface area (Å²) in [6.07, 6.45) is 4.49. The van der Waals surface area contributed by atoms with Gasteiger partial charge in [0.1, 0.15) is 10.6 Å². The SMILES string of the molecule is CCOC(CC)(CC)c1nc(C2CC2)c(CN)s1. The average molecular weight is 268 g/mol. The minimum Gasteiger partial charge on any atom is -0.368 e. The smallest absolute Gasteiger partial charge is 0.125 e. The van der Waals surface area contributed by atoms with Crippen molar-refractivity contribution in [2.75, 3.05) is 6.61 Å². The summed E-state index contributed by atoms with van der Waals surface area (Å²) < 4.78 is 6.03. The van der Waals surface area contributed by atoms with Crippen molar-refractivity contribution in [2.24, 2.45) is 5.73 Å². The highest BCUT2D eigenvalue weighted by molar-refractivity contribution is 7.11. The number of nitrogens with two attached hydrogens (primary N) is 1. The highest BCUT2D eigenvalue weighted by Crippen LogP contribution is 2.45. The maximum Gasteiger partial charge on any atom is 0.125 e. The summed E-state index contributed by atoms with van der Waals surface area (Å²) in [5, 5.41) is 1.14. The van der Waals surface area contributed by atoms with Gasteiger partial charge in [0.25, 0.3) is 0 Å². The van der Waals surface area contributed by atoms with Gasteiger partial charge in [0.2, 0.25) is 0 Å². The van der Waals surface area contributed by atoms with Gasteiger partial charge in [0, 0.05) is 23.9 Å². The normalized spacial score (nSPS) is 16.2. The largest absolute Gasteiger partial charge is 0.368 e. The fourth-order valence-electron chi connectivity index (χ4n) is 2.48. The van der Waals surface area contributed by atoms with Gasteiger partial charge in [-0.05, 0) is 32.6 Å². The summed E-state index contributed by atoms with van der Waals surface area (Å²) in [5.74, 6) is 0.668. The van der Waals surface area contributed by atoms with Crippen LogP contribution >= 0.6 is 11.3 Å². The van der Waals surface area contributed by atoms with E-state index < -0.39 is 0 Å². The van der Waals surface area contributed by atoms with Crippen LogP contribution in [0.3, 0.4) is 0 Å². The Labute approximate surface area is 114 Å². The Kier molecular flexibility index (Phi) is 4.41. The van der Waals surface area contributed by atoms with E-state index in [1.165, 1.54) is 23.4 Å². The van der Waals surface area contributed by atoms with Gasteiger partial charge in [-0.25, -0.2) is 4.98 Å². The van der Waals surface area contributed by atoms with Gasteiger partial charge < -0.3 is 10.5 Å². The molecule has 0 radical (unpaired) electrons. The third-order valence-electron chi connectivity index (χ3n) is 3.83. The zero-order chi connectivity index (χ0) is 13.2. The first-order chi connectivity index (χ1) is 8.70. The van der Waals surface area contributed by atoms with Gasteiger partial charge in [0.15, 0.2) is 0 Å². The first-order valence-corrected chi connectivity index (χ1v) is 7.86. The molecule has 2 rings (SSSR count). The minimum atomic E-state index is -0.198. The van der Waals surface area contributed by atoms with Crippen LogP contribution in [0.4, 0.5) is 0 Å². The Morgan fingerprint density at radius 1 is 1.33 bits per heavy atom. The van der Waals surface area contributed by atoms with E-state index in [4.69, 9.17) is 15.5 Å². The summed E-state index contributed by atoms with van der Waals surface area (Å²) in [5.41, 5.74) is 6.91. The fourth-order valence-corrected chi connectivity index (χ4v) is 3.79. The number of aromatic nitrogens is 1. The maximum atomic E-state index is 6.03. The van der Waals surface area contributed by atoms with Gasteiger partial charge in [-0.3, -0.25) is 0 Å². The molecule has 0 atom stereocenters. The quantitative estimate of drug-likeness (QED) is 0.823. The third-order valence-corrected chi connectivity index (χ3v) is 5.11. The maximum absolute atomic E-state index is 6.03. The van der Waals surface area contributed by atoms with Crippen LogP contribution in [0.15, 0.2) is 0 Å². The van der Waals surface area contributed by atoms with Crippen LogP contribution in [0.1, 0.15) is 68.0 Å². The first kappa shape index (κ1) is 14.0. The minimum absolute atomic E-state index is 0.198. The molecule has 4 heteroatoms. The van der Waals surface area contributed by atoms with Crippen LogP contribution in [0.5, 0.6) is 0 Å². The molecule has 102 valence electrons. The lowest BCUT2D eigenvalue weighted by Crippen LogP contribution is -2.28. The van der Waals surface area contributed by atoms with Crippen molar-refractivity contribution in [3.63, 3.8) is 0 Å². The van der Waals surface area contributed by atoms with Gasteiger partial charge in [-0.1, -0.05) is 13.8 Å². The van der Waals surface area contributed by atoms with E-state index in [1.54, 1.807) is 11.3 Å². The number of hydrogen-bond donors (Lipinski definition) is 1. The predicted octanol–water partition coefficient (Wildman–Crippen LogP) is 3.53. The van der Waals surface area contributed by atoms with Crippen molar-refractivity contribution < 1.29 is 4.74 Å². The van der Waals surface area contributed by atoms with Crippen LogP contribution in [0.25, 0.3) is 0 Å². The summed E-state index contributed by atoms with van der Waals surface area (Å²) >= 11 is 1.76. The summed E-state index contributed by atoms with van der Waals surface area (Å²) in [4.78, 5) is 6.15. The van der Waals surface area contributed by atoms with E-state index in [2.05, 4.69) is 20.8 Å². The number of rotatable bonds is 7. The number of nitrogens with zero attached hydrogens (tertiary/aromatic N) is 1. The molecule has 1 aliphatic carbocycles. The number of hydrogen-bond acceptors (Lipinski definition) is 4. The van der Waals surface area contributed by atoms with Gasteiger partial charge >= 0.3 is 0 Å². The molecule has 0 spiro atoms. The van der Waals surface area contributed by atoms with Gasteiger partial charge in [-0.2, -0.15) is 0 Å². The van der Waals surface area contributed by atoms with Crippen LogP contribution in [0.2, 0.25) is 0 Å². The van der Waals surface area contributed by atoms with E-state index >= 15 is 0 Å². The Hall–Kier alpha value is -0.450. The molecule has 2 N–H and O–H groups in total. The second kappa shape index (κ2) is 5.68. The molecule has 0 unspecified atom stereocenters. The lowest BCUT2D eigenvalue weighted by Gasteiger charge is -2.29. The highest BCUT2D eigenvalue weighted by atomic mass is 32.1. The van der Waals surface area contributed by atoms with Crippen molar-refractivity contribution in [2.45, 2.75) is 64.5 Å². The lowest BCUT2D eigenvalue weighted by molar-refractivity contribution is -0.0507. The topological polar surface area (TPSA) is 48.1 Å². The average Bonchev–Trinajstić information content (AvgIpc) is 3.15. The summed E-state index contributed by atoms with van der Waals surface area (Å²) in [7, 11) is 0. The highest BCUT2D eigenvalue weighted by Gasteiger charge is 2.36. The fraction of sp³-hybridized carbons (Fsp3) is 0.786. The zero-order valence-electron chi connectivity index (χ0n) is 11.7. The molecule has 3 nitrogen and oxygen atoms in total. The molecule has 0 bridgehead atoms. The van der Waals surface area contributed by atoms with E-state index in [0.717, 1.165) is 24.5 Å². The molecule has 0 amide bonds. The van der Waals surface area contributed by atoms with Crippen LogP contribution in [-0.4, -0.2) is 11.6 Å². The van der Waals surface area contributed by atoms with E-state index in [1.807, 2.05) is 0 Å². The first-order valence-electron chi connectivity index (χ1n) is 7.04. The molecular formula is C14H24N2OS. The Morgan fingerprint density at radius 3 is 2.44 bits per heavy atom. The van der Waals surface area contributed by atoms with Crippen molar-refractivity contribution in [3.8, 4) is 0 Å². The Bertz CT molecular complexity index is 394. The second-order valence-electron chi connectivity index (χ2n) is 4.94. The molecule has 0 aliphatic heterocycles. The van der Waals surface area contributed by atoms with Gasteiger partial charge in [-0.15, -0.1) is 11.3 Å². The number of ether oxygens (including phenoxy) is 1. The monoisotopic (exact) mass is 268 g/mol. The van der Waals surface area contributed by atoms with Gasteiger partial charge in [0.05, 0.1) is 5.69 Å². The molecule has 1 aliphatic rings. The third kappa shape index (κ3) is 2.46. The molecule has 1 aromatic rings. The molecule has 0 saturated heterocycles. The molecular weight excluding hydrogens is 244 g/mol. The molecule has 1 fully saturated rings. The number of thiazole rings is 1. The molecule has 1 heterocycles.